The largest absolute Gasteiger partial charge is 0.484 e. The number of aliphatic hydroxyl groups is 2. The van der Waals surface area contributed by atoms with Crippen LogP contribution in [0.4, 0.5) is 5.13 Å². The summed E-state index contributed by atoms with van der Waals surface area (Å²) in [6, 6.07) is 9.10. The lowest BCUT2D eigenvalue weighted by Gasteiger charge is -2.58. The summed E-state index contributed by atoms with van der Waals surface area (Å²) in [6.45, 7) is 3.98. The first-order valence-corrected chi connectivity index (χ1v) is 13.4. The van der Waals surface area contributed by atoms with Crippen molar-refractivity contribution in [3.63, 3.8) is 0 Å². The summed E-state index contributed by atoms with van der Waals surface area (Å²) in [6.07, 6.45) is 6.85. The predicted octanol–water partition coefficient (Wildman–Crippen LogP) is 3.06. The second-order valence-electron chi connectivity index (χ2n) is 10.7. The van der Waals surface area contributed by atoms with Gasteiger partial charge in [-0.1, -0.05) is 38.0 Å². The van der Waals surface area contributed by atoms with Gasteiger partial charge in [-0.25, -0.2) is 4.98 Å². The van der Waals surface area contributed by atoms with Gasteiger partial charge in [0, 0.05) is 29.7 Å². The molecular formula is C28H35N3O5S. The second kappa shape index (κ2) is 10.8. The first kappa shape index (κ1) is 27.1. The summed E-state index contributed by atoms with van der Waals surface area (Å²) >= 11 is 1.38. The van der Waals surface area contributed by atoms with Crippen molar-refractivity contribution < 1.29 is 24.5 Å². The van der Waals surface area contributed by atoms with Crippen molar-refractivity contribution in [2.45, 2.75) is 51.6 Å². The number of hydrogen-bond acceptors (Lipinski definition) is 7. The van der Waals surface area contributed by atoms with E-state index in [1.807, 2.05) is 25.1 Å². The van der Waals surface area contributed by atoms with Gasteiger partial charge in [-0.2, -0.15) is 0 Å². The van der Waals surface area contributed by atoms with Crippen molar-refractivity contribution in [3.05, 3.63) is 40.9 Å². The van der Waals surface area contributed by atoms with Gasteiger partial charge in [0.1, 0.15) is 5.75 Å². The third-order valence-corrected chi connectivity index (χ3v) is 9.40. The van der Waals surface area contributed by atoms with E-state index in [1.54, 1.807) is 19.2 Å². The molecule has 0 spiro atoms. The summed E-state index contributed by atoms with van der Waals surface area (Å²) in [5, 5.41) is 24.6. The average Bonchev–Trinajstić information content (AvgIpc) is 3.29. The number of para-hydroxylation sites is 1. The number of thiazole rings is 1. The molecule has 5 unspecified atom stereocenters. The maximum Gasteiger partial charge on any atom is 0.264 e. The normalized spacial score (nSPS) is 28.4. The summed E-state index contributed by atoms with van der Waals surface area (Å²) in [7, 11) is 1.69. The third-order valence-electron chi connectivity index (χ3n) is 8.39. The number of nitrogens with one attached hydrogen (secondary N) is 1. The minimum Gasteiger partial charge on any atom is -0.484 e. The molecular weight excluding hydrogens is 490 g/mol. The van der Waals surface area contributed by atoms with E-state index >= 15 is 0 Å². The average molecular weight is 526 g/mol. The molecule has 4 rings (SSSR count). The molecule has 0 radical (unpaired) electrons. The molecule has 5 atom stereocenters. The number of carbonyl (C=O) groups is 2. The molecule has 1 fully saturated rings. The second-order valence-corrected chi connectivity index (χ2v) is 11.8. The molecule has 2 aliphatic rings. The van der Waals surface area contributed by atoms with Crippen LogP contribution in [0.3, 0.4) is 0 Å². The Morgan fingerprint density at radius 1 is 1.32 bits per heavy atom. The number of nitrogens with zero attached hydrogens (tertiary/aromatic N) is 2. The van der Waals surface area contributed by atoms with Gasteiger partial charge in [-0.3, -0.25) is 14.9 Å². The lowest BCUT2D eigenvalue weighted by molar-refractivity contribution is -0.146. The van der Waals surface area contributed by atoms with Crippen LogP contribution in [0.15, 0.2) is 30.3 Å². The number of aromatic nitrogens is 1. The molecule has 3 N–H and O–H groups in total. The molecule has 2 aliphatic carbocycles. The number of rotatable bonds is 8. The summed E-state index contributed by atoms with van der Waals surface area (Å²) in [5.74, 6) is 2.40. The number of amides is 2. The fourth-order valence-corrected chi connectivity index (χ4v) is 7.16. The minimum absolute atomic E-state index is 0.0672. The molecule has 9 heteroatoms. The molecule has 0 bridgehead atoms. The predicted molar refractivity (Wildman–Crippen MR) is 142 cm³/mol. The van der Waals surface area contributed by atoms with Gasteiger partial charge in [0.2, 0.25) is 5.91 Å². The first-order valence-electron chi connectivity index (χ1n) is 12.6. The number of anilines is 1. The Hall–Kier alpha value is -2.93. The van der Waals surface area contributed by atoms with E-state index < -0.39 is 11.5 Å². The van der Waals surface area contributed by atoms with Crippen molar-refractivity contribution in [2.24, 2.45) is 16.7 Å². The highest BCUT2D eigenvalue weighted by atomic mass is 32.1. The third kappa shape index (κ3) is 5.24. The van der Waals surface area contributed by atoms with Crippen molar-refractivity contribution in [3.8, 4) is 18.1 Å². The number of ether oxygens (including phenoxy) is 1. The highest BCUT2D eigenvalue weighted by Crippen LogP contribution is 2.62. The highest BCUT2D eigenvalue weighted by molar-refractivity contribution is 7.15. The first-order chi connectivity index (χ1) is 17.6. The molecule has 1 aromatic carbocycles. The van der Waals surface area contributed by atoms with Crippen LogP contribution in [-0.4, -0.2) is 64.8 Å². The van der Waals surface area contributed by atoms with E-state index in [0.717, 1.165) is 10.6 Å². The molecule has 2 aromatic rings. The maximum absolute atomic E-state index is 13.1. The monoisotopic (exact) mass is 525 g/mol. The summed E-state index contributed by atoms with van der Waals surface area (Å²) in [5.41, 5.74) is -0.280. The van der Waals surface area contributed by atoms with Crippen molar-refractivity contribution in [2.75, 3.05) is 32.1 Å². The van der Waals surface area contributed by atoms with Crippen LogP contribution in [0.1, 0.15) is 49.6 Å². The Balaban J connectivity index is 1.62. The zero-order valence-corrected chi connectivity index (χ0v) is 22.4. The number of benzene rings is 1. The van der Waals surface area contributed by atoms with Crippen LogP contribution in [0, 0.1) is 29.1 Å². The fourth-order valence-electron chi connectivity index (χ4n) is 6.08. The molecule has 0 saturated heterocycles. The maximum atomic E-state index is 13.1. The van der Waals surface area contributed by atoms with Crippen molar-refractivity contribution in [1.29, 1.82) is 0 Å². The van der Waals surface area contributed by atoms with E-state index in [2.05, 4.69) is 18.2 Å². The SMILES string of the molecule is C#CCN(C)C(=O)CC1c2nc(NC(=O)COc3ccccc3)sc2CC2C(C)(CO)C(O)CCC12C. The molecule has 1 saturated carbocycles. The number of carbonyl (C=O) groups excluding carboxylic acids is 2. The van der Waals surface area contributed by atoms with E-state index in [-0.39, 0.29) is 55.2 Å². The molecule has 8 nitrogen and oxygen atoms in total. The molecule has 1 heterocycles. The topological polar surface area (TPSA) is 112 Å². The summed E-state index contributed by atoms with van der Waals surface area (Å²) < 4.78 is 5.55. The molecule has 0 aliphatic heterocycles. The van der Waals surface area contributed by atoms with Crippen LogP contribution >= 0.6 is 11.3 Å². The molecule has 198 valence electrons. The number of terminal acetylenes is 1. The van der Waals surface area contributed by atoms with Gasteiger partial charge >= 0.3 is 0 Å². The van der Waals surface area contributed by atoms with Gasteiger partial charge in [-0.15, -0.1) is 17.8 Å². The van der Waals surface area contributed by atoms with Crippen molar-refractivity contribution in [1.82, 2.24) is 9.88 Å². The molecule has 2 amide bonds. The Labute approximate surface area is 222 Å². The van der Waals surface area contributed by atoms with Gasteiger partial charge in [0.15, 0.2) is 11.7 Å². The van der Waals surface area contributed by atoms with Crippen LogP contribution in [0.2, 0.25) is 0 Å². The van der Waals surface area contributed by atoms with Crippen LogP contribution < -0.4 is 10.1 Å². The van der Waals surface area contributed by atoms with E-state index in [0.29, 0.717) is 30.1 Å². The van der Waals surface area contributed by atoms with E-state index in [9.17, 15) is 19.8 Å². The smallest absolute Gasteiger partial charge is 0.264 e. The quantitative estimate of drug-likeness (QED) is 0.457. The standard InChI is InChI=1S/C28H35N3O5S/c1-5-13-31(4)24(35)14-19-25-20(15-21-27(19,2)12-11-22(33)28(21,3)17-32)37-26(30-25)29-23(34)16-36-18-9-7-6-8-10-18/h1,6-10,19,21-22,32-33H,11-17H2,2-4H3,(H,29,30,34). The zero-order valence-electron chi connectivity index (χ0n) is 21.6. The van der Waals surface area contributed by atoms with Gasteiger partial charge in [0.05, 0.1) is 24.9 Å². The molecule has 1 aromatic heterocycles. The Kier molecular flexibility index (Phi) is 7.93. The van der Waals surface area contributed by atoms with E-state index in [1.165, 1.54) is 16.2 Å². The number of aliphatic hydroxyl groups excluding tert-OH is 2. The van der Waals surface area contributed by atoms with Crippen LogP contribution in [-0.2, 0) is 16.0 Å². The van der Waals surface area contributed by atoms with E-state index in [4.69, 9.17) is 16.1 Å². The lowest BCUT2D eigenvalue weighted by atomic mass is 9.47. The Bertz CT molecular complexity index is 1180. The zero-order chi connectivity index (χ0) is 26.8. The summed E-state index contributed by atoms with van der Waals surface area (Å²) in [4.78, 5) is 33.1. The van der Waals surface area contributed by atoms with Crippen LogP contribution in [0.25, 0.3) is 0 Å². The highest BCUT2D eigenvalue weighted by Gasteiger charge is 2.59. The Morgan fingerprint density at radius 3 is 2.73 bits per heavy atom. The minimum atomic E-state index is -0.715. The fraction of sp³-hybridized carbons (Fsp3) is 0.536. The van der Waals surface area contributed by atoms with Crippen LogP contribution in [0.5, 0.6) is 5.75 Å². The van der Waals surface area contributed by atoms with Gasteiger partial charge in [0.25, 0.3) is 5.91 Å². The number of fused-ring (bicyclic) bond motifs is 2. The van der Waals surface area contributed by atoms with Gasteiger partial charge < -0.3 is 19.8 Å². The van der Waals surface area contributed by atoms with Gasteiger partial charge in [-0.05, 0) is 42.7 Å². The number of hydrogen-bond donors (Lipinski definition) is 3. The Morgan fingerprint density at radius 2 is 2.05 bits per heavy atom. The molecule has 37 heavy (non-hydrogen) atoms. The lowest BCUT2D eigenvalue weighted by Crippen LogP contribution is -2.57. The van der Waals surface area contributed by atoms with Crippen molar-refractivity contribution >= 4 is 28.3 Å².